The van der Waals surface area contributed by atoms with E-state index in [1.807, 2.05) is 27.7 Å². The van der Waals surface area contributed by atoms with Crippen LogP contribution in [0.15, 0.2) is 4.99 Å². The van der Waals surface area contributed by atoms with E-state index in [9.17, 15) is 5.21 Å². The van der Waals surface area contributed by atoms with Gasteiger partial charge < -0.3 is 5.21 Å². The molecule has 10 heavy (non-hydrogen) atoms. The molecule has 0 aliphatic carbocycles. The number of hydrogen-bond acceptors (Lipinski definition) is 3. The average molecular weight is 142 g/mol. The van der Waals surface area contributed by atoms with Crippen molar-refractivity contribution in [3.8, 4) is 0 Å². The minimum atomic E-state index is -0.455. The molecule has 0 spiro atoms. The molecular weight excluding hydrogens is 128 g/mol. The Kier molecular flexibility index (Phi) is 1.38. The molecule has 0 saturated carbocycles. The summed E-state index contributed by atoms with van der Waals surface area (Å²) in [7, 11) is 0. The first-order valence-corrected chi connectivity index (χ1v) is 3.42. The minimum Gasteiger partial charge on any atom is -0.311 e. The first-order valence-electron chi connectivity index (χ1n) is 3.42. The summed E-state index contributed by atoms with van der Waals surface area (Å²) in [6.07, 6.45) is 1.77. The Bertz CT molecular complexity index is 154. The Morgan fingerprint density at radius 2 is 1.80 bits per heavy atom. The van der Waals surface area contributed by atoms with Crippen molar-refractivity contribution in [1.82, 2.24) is 5.06 Å². The zero-order valence-corrected chi connectivity index (χ0v) is 6.92. The molecule has 0 radical (unpaired) electrons. The smallest absolute Gasteiger partial charge is 0.130 e. The molecule has 1 aliphatic heterocycles. The summed E-state index contributed by atoms with van der Waals surface area (Å²) in [6, 6.07) is 0. The number of aliphatic imine (C=N–C) groups is 1. The summed E-state index contributed by atoms with van der Waals surface area (Å²) in [4.78, 5) is 4.15. The van der Waals surface area contributed by atoms with E-state index in [0.717, 1.165) is 0 Å². The van der Waals surface area contributed by atoms with Gasteiger partial charge in [0, 0.05) is 6.21 Å². The van der Waals surface area contributed by atoms with Crippen LogP contribution in [-0.4, -0.2) is 27.7 Å². The van der Waals surface area contributed by atoms with Crippen LogP contribution in [0.25, 0.3) is 0 Å². The predicted octanol–water partition coefficient (Wildman–Crippen LogP) is 1.28. The molecule has 1 aliphatic rings. The SMILES string of the molecule is CC1(C)C=NC(C)(C)N1O. The lowest BCUT2D eigenvalue weighted by Crippen LogP contribution is -2.47. The second-order valence-corrected chi connectivity index (χ2v) is 3.72. The first kappa shape index (κ1) is 7.69. The summed E-state index contributed by atoms with van der Waals surface area (Å²) >= 11 is 0. The topological polar surface area (TPSA) is 35.8 Å². The fraction of sp³-hybridized carbons (Fsp3) is 0.857. The average Bonchev–Trinajstić information content (AvgIpc) is 1.95. The summed E-state index contributed by atoms with van der Waals surface area (Å²) in [5.74, 6) is 0. The maximum absolute atomic E-state index is 9.49. The predicted molar refractivity (Wildman–Crippen MR) is 40.3 cm³/mol. The molecule has 0 unspecified atom stereocenters. The van der Waals surface area contributed by atoms with Gasteiger partial charge in [-0.05, 0) is 27.7 Å². The molecular formula is C7H14N2O. The monoisotopic (exact) mass is 142 g/mol. The Labute approximate surface area is 61.3 Å². The molecule has 0 fully saturated rings. The van der Waals surface area contributed by atoms with Crippen molar-refractivity contribution in [3.05, 3.63) is 0 Å². The summed E-state index contributed by atoms with van der Waals surface area (Å²) < 4.78 is 0. The molecule has 0 aromatic rings. The molecule has 0 bridgehead atoms. The maximum Gasteiger partial charge on any atom is 0.130 e. The highest BCUT2D eigenvalue weighted by Gasteiger charge is 2.40. The van der Waals surface area contributed by atoms with Crippen LogP contribution in [0.1, 0.15) is 27.7 Å². The van der Waals surface area contributed by atoms with Gasteiger partial charge in [0.05, 0.1) is 5.54 Å². The quantitative estimate of drug-likeness (QED) is 0.553. The van der Waals surface area contributed by atoms with Gasteiger partial charge >= 0.3 is 0 Å². The van der Waals surface area contributed by atoms with Crippen LogP contribution in [0, 0.1) is 0 Å². The molecule has 58 valence electrons. The van der Waals surface area contributed by atoms with Crippen LogP contribution in [-0.2, 0) is 0 Å². The lowest BCUT2D eigenvalue weighted by atomic mass is 10.1. The fourth-order valence-electron chi connectivity index (χ4n) is 1.13. The van der Waals surface area contributed by atoms with E-state index in [1.165, 1.54) is 5.06 Å². The van der Waals surface area contributed by atoms with Crippen LogP contribution in [0.4, 0.5) is 0 Å². The van der Waals surface area contributed by atoms with Gasteiger partial charge in [-0.2, -0.15) is 5.06 Å². The second kappa shape index (κ2) is 1.80. The molecule has 0 aromatic heterocycles. The number of hydrogen-bond donors (Lipinski definition) is 1. The third kappa shape index (κ3) is 0.954. The Hall–Kier alpha value is -0.410. The number of nitrogens with zero attached hydrogens (tertiary/aromatic N) is 2. The van der Waals surface area contributed by atoms with Gasteiger partial charge in [0.25, 0.3) is 0 Å². The van der Waals surface area contributed by atoms with Gasteiger partial charge in [0.1, 0.15) is 5.66 Å². The molecule has 3 nitrogen and oxygen atoms in total. The van der Waals surface area contributed by atoms with Crippen molar-refractivity contribution in [2.45, 2.75) is 38.9 Å². The van der Waals surface area contributed by atoms with Crippen molar-refractivity contribution in [2.24, 2.45) is 4.99 Å². The van der Waals surface area contributed by atoms with E-state index in [2.05, 4.69) is 4.99 Å². The van der Waals surface area contributed by atoms with Crippen molar-refractivity contribution in [2.75, 3.05) is 0 Å². The molecule has 1 heterocycles. The summed E-state index contributed by atoms with van der Waals surface area (Å²) in [6.45, 7) is 7.59. The molecule has 3 heteroatoms. The lowest BCUT2D eigenvalue weighted by molar-refractivity contribution is -0.187. The zero-order chi connectivity index (χ0) is 7.99. The Balaban J connectivity index is 2.88. The summed E-state index contributed by atoms with van der Waals surface area (Å²) in [5.41, 5.74) is -0.771. The van der Waals surface area contributed by atoms with Crippen molar-refractivity contribution in [3.63, 3.8) is 0 Å². The molecule has 1 rings (SSSR count). The van der Waals surface area contributed by atoms with Gasteiger partial charge in [0.15, 0.2) is 0 Å². The largest absolute Gasteiger partial charge is 0.311 e. The van der Waals surface area contributed by atoms with E-state index in [-0.39, 0.29) is 5.54 Å². The molecule has 0 aromatic carbocycles. The third-order valence-electron chi connectivity index (χ3n) is 1.76. The molecule has 0 amide bonds. The minimum absolute atomic E-state index is 0.316. The lowest BCUT2D eigenvalue weighted by Gasteiger charge is -2.32. The fourth-order valence-corrected chi connectivity index (χ4v) is 1.13. The van der Waals surface area contributed by atoms with Gasteiger partial charge in [-0.1, -0.05) is 0 Å². The first-order chi connectivity index (χ1) is 4.36. The summed E-state index contributed by atoms with van der Waals surface area (Å²) in [5, 5.41) is 10.8. The van der Waals surface area contributed by atoms with E-state index >= 15 is 0 Å². The van der Waals surface area contributed by atoms with Crippen molar-refractivity contribution >= 4 is 6.21 Å². The number of rotatable bonds is 0. The van der Waals surface area contributed by atoms with E-state index in [0.29, 0.717) is 0 Å². The Morgan fingerprint density at radius 3 is 1.90 bits per heavy atom. The molecule has 0 saturated heterocycles. The van der Waals surface area contributed by atoms with E-state index in [1.54, 1.807) is 6.21 Å². The van der Waals surface area contributed by atoms with Crippen molar-refractivity contribution < 1.29 is 5.21 Å². The van der Waals surface area contributed by atoms with Crippen LogP contribution in [0.5, 0.6) is 0 Å². The number of hydroxylamine groups is 2. The highest BCUT2D eigenvalue weighted by Crippen LogP contribution is 2.28. The van der Waals surface area contributed by atoms with E-state index in [4.69, 9.17) is 0 Å². The van der Waals surface area contributed by atoms with Crippen molar-refractivity contribution in [1.29, 1.82) is 0 Å². The molecule has 0 atom stereocenters. The van der Waals surface area contributed by atoms with Gasteiger partial charge in [-0.3, -0.25) is 4.99 Å². The zero-order valence-electron chi connectivity index (χ0n) is 6.92. The molecule has 1 N–H and O–H groups in total. The second-order valence-electron chi connectivity index (χ2n) is 3.72. The highest BCUT2D eigenvalue weighted by molar-refractivity contribution is 5.71. The van der Waals surface area contributed by atoms with Gasteiger partial charge in [-0.15, -0.1) is 0 Å². The van der Waals surface area contributed by atoms with Crippen LogP contribution >= 0.6 is 0 Å². The van der Waals surface area contributed by atoms with E-state index < -0.39 is 5.66 Å². The van der Waals surface area contributed by atoms with Crippen LogP contribution in [0.2, 0.25) is 0 Å². The maximum atomic E-state index is 9.49. The standard InChI is InChI=1S/C7H14N2O/c1-6(2)5-8-7(3,4)9(6)10/h5,10H,1-4H3. The Morgan fingerprint density at radius 1 is 1.30 bits per heavy atom. The van der Waals surface area contributed by atoms with Gasteiger partial charge in [0.2, 0.25) is 0 Å². The van der Waals surface area contributed by atoms with Gasteiger partial charge in [-0.25, -0.2) is 0 Å². The highest BCUT2D eigenvalue weighted by atomic mass is 16.5. The normalized spacial score (nSPS) is 29.3. The third-order valence-corrected chi connectivity index (χ3v) is 1.76. The van der Waals surface area contributed by atoms with Crippen LogP contribution in [0.3, 0.4) is 0 Å². The van der Waals surface area contributed by atoms with Crippen LogP contribution < -0.4 is 0 Å².